The van der Waals surface area contributed by atoms with Crippen LogP contribution >= 0.6 is 0 Å². The van der Waals surface area contributed by atoms with Crippen LogP contribution in [0.5, 0.6) is 0 Å². The van der Waals surface area contributed by atoms with E-state index in [9.17, 15) is 9.59 Å². The summed E-state index contributed by atoms with van der Waals surface area (Å²) in [6, 6.07) is 6.93. The van der Waals surface area contributed by atoms with E-state index in [4.69, 9.17) is 4.74 Å². The van der Waals surface area contributed by atoms with Gasteiger partial charge in [0.2, 0.25) is 0 Å². The summed E-state index contributed by atoms with van der Waals surface area (Å²) in [6.07, 6.45) is 0. The molecule has 0 aliphatic heterocycles. The maximum absolute atomic E-state index is 12.8. The van der Waals surface area contributed by atoms with Crippen molar-refractivity contribution in [3.8, 4) is 11.4 Å². The SMILES string of the molecule is CCn1nnnc1-c1cccc(C(=O)Nc2c(C)nn(C)c2C(=O)OC)c1. The van der Waals surface area contributed by atoms with Crippen LogP contribution in [0.4, 0.5) is 5.69 Å². The topological polar surface area (TPSA) is 117 Å². The van der Waals surface area contributed by atoms with Crippen LogP contribution < -0.4 is 5.32 Å². The number of hydrogen-bond donors (Lipinski definition) is 1. The lowest BCUT2D eigenvalue weighted by molar-refractivity contribution is 0.0589. The standard InChI is InChI=1S/C17H19N7O3/c1-5-24-15(19-21-22-24)11-7-6-8-12(9-11)16(25)18-13-10(2)20-23(3)14(13)17(26)27-4/h6-9H,5H2,1-4H3,(H,18,25). The van der Waals surface area contributed by atoms with E-state index < -0.39 is 5.97 Å². The summed E-state index contributed by atoms with van der Waals surface area (Å²) < 4.78 is 7.79. The van der Waals surface area contributed by atoms with Gasteiger partial charge >= 0.3 is 5.97 Å². The minimum Gasteiger partial charge on any atom is -0.464 e. The van der Waals surface area contributed by atoms with Gasteiger partial charge in [0.1, 0.15) is 0 Å². The fourth-order valence-electron chi connectivity index (χ4n) is 2.75. The van der Waals surface area contributed by atoms with E-state index in [1.807, 2.05) is 13.0 Å². The first-order valence-electron chi connectivity index (χ1n) is 8.26. The number of esters is 1. The molecule has 0 fully saturated rings. The number of aromatic nitrogens is 6. The minimum absolute atomic E-state index is 0.175. The molecular weight excluding hydrogens is 350 g/mol. The number of rotatable bonds is 5. The number of carbonyl (C=O) groups excluding carboxylic acids is 2. The quantitative estimate of drug-likeness (QED) is 0.676. The first-order valence-corrected chi connectivity index (χ1v) is 8.26. The number of amides is 1. The molecule has 1 N–H and O–H groups in total. The molecule has 10 nitrogen and oxygen atoms in total. The van der Waals surface area contributed by atoms with Gasteiger partial charge in [-0.05, 0) is 36.4 Å². The monoisotopic (exact) mass is 369 g/mol. The average Bonchev–Trinajstić information content (AvgIpc) is 3.25. The van der Waals surface area contributed by atoms with Gasteiger partial charge in [0, 0.05) is 24.7 Å². The summed E-state index contributed by atoms with van der Waals surface area (Å²) in [4.78, 5) is 24.8. The fourth-order valence-corrected chi connectivity index (χ4v) is 2.75. The molecular formula is C17H19N7O3. The van der Waals surface area contributed by atoms with Crippen molar-refractivity contribution in [2.24, 2.45) is 7.05 Å². The lowest BCUT2D eigenvalue weighted by Crippen LogP contribution is -2.17. The summed E-state index contributed by atoms with van der Waals surface area (Å²) in [5, 5.41) is 18.5. The number of aryl methyl sites for hydroxylation is 3. The van der Waals surface area contributed by atoms with Crippen molar-refractivity contribution in [3.05, 3.63) is 41.2 Å². The molecule has 0 aliphatic carbocycles. The Labute approximate surface area is 155 Å². The maximum Gasteiger partial charge on any atom is 0.358 e. The highest BCUT2D eigenvalue weighted by Gasteiger charge is 2.23. The van der Waals surface area contributed by atoms with Crippen LogP contribution in [0.1, 0.15) is 33.5 Å². The lowest BCUT2D eigenvalue weighted by atomic mass is 10.1. The van der Waals surface area contributed by atoms with Crippen LogP contribution in [0.3, 0.4) is 0 Å². The second kappa shape index (κ2) is 7.36. The van der Waals surface area contributed by atoms with E-state index in [1.165, 1.54) is 11.8 Å². The van der Waals surface area contributed by atoms with Gasteiger partial charge in [-0.25, -0.2) is 9.48 Å². The molecule has 3 rings (SSSR count). The smallest absolute Gasteiger partial charge is 0.358 e. The minimum atomic E-state index is -0.579. The Balaban J connectivity index is 1.93. The van der Waals surface area contributed by atoms with Gasteiger partial charge in [-0.3, -0.25) is 9.48 Å². The molecule has 140 valence electrons. The first-order chi connectivity index (χ1) is 13.0. The van der Waals surface area contributed by atoms with Gasteiger partial charge < -0.3 is 10.1 Å². The van der Waals surface area contributed by atoms with Crippen LogP contribution in [0.2, 0.25) is 0 Å². The van der Waals surface area contributed by atoms with E-state index >= 15 is 0 Å². The molecule has 2 aromatic heterocycles. The first kappa shape index (κ1) is 18.2. The Morgan fingerprint density at radius 1 is 1.30 bits per heavy atom. The Morgan fingerprint density at radius 3 is 2.78 bits per heavy atom. The highest BCUT2D eigenvalue weighted by Crippen LogP contribution is 2.23. The van der Waals surface area contributed by atoms with E-state index in [0.717, 1.165) is 0 Å². The molecule has 0 saturated heterocycles. The number of nitrogens with zero attached hydrogens (tertiary/aromatic N) is 6. The summed E-state index contributed by atoms with van der Waals surface area (Å²) in [6.45, 7) is 4.24. The highest BCUT2D eigenvalue weighted by atomic mass is 16.5. The second-order valence-electron chi connectivity index (χ2n) is 5.78. The lowest BCUT2D eigenvalue weighted by Gasteiger charge is -2.08. The summed E-state index contributed by atoms with van der Waals surface area (Å²) in [7, 11) is 2.89. The molecule has 0 spiro atoms. The van der Waals surface area contributed by atoms with Gasteiger partial charge in [0.05, 0.1) is 18.5 Å². The molecule has 0 radical (unpaired) electrons. The zero-order valence-corrected chi connectivity index (χ0v) is 15.4. The number of nitrogens with one attached hydrogen (secondary N) is 1. The van der Waals surface area contributed by atoms with E-state index in [2.05, 4.69) is 25.9 Å². The van der Waals surface area contributed by atoms with Crippen LogP contribution in [-0.4, -0.2) is 49.0 Å². The predicted octanol–water partition coefficient (Wildman–Crippen LogP) is 1.44. The molecule has 2 heterocycles. The molecule has 27 heavy (non-hydrogen) atoms. The zero-order valence-electron chi connectivity index (χ0n) is 15.4. The molecule has 0 bridgehead atoms. The molecule has 3 aromatic rings. The molecule has 1 amide bonds. The number of ether oxygens (including phenoxy) is 1. The fraction of sp³-hybridized carbons (Fsp3) is 0.294. The van der Waals surface area contributed by atoms with Gasteiger partial charge in [0.25, 0.3) is 5.91 Å². The average molecular weight is 369 g/mol. The summed E-state index contributed by atoms with van der Waals surface area (Å²) in [5.41, 5.74) is 2.12. The second-order valence-corrected chi connectivity index (χ2v) is 5.78. The zero-order chi connectivity index (χ0) is 19.6. The van der Waals surface area contributed by atoms with Gasteiger partial charge in [-0.15, -0.1) is 5.10 Å². The van der Waals surface area contributed by atoms with Crippen molar-refractivity contribution >= 4 is 17.6 Å². The van der Waals surface area contributed by atoms with Crippen LogP contribution in [0.25, 0.3) is 11.4 Å². The summed E-state index contributed by atoms with van der Waals surface area (Å²) >= 11 is 0. The summed E-state index contributed by atoms with van der Waals surface area (Å²) in [5.74, 6) is -0.391. The molecule has 1 aromatic carbocycles. The largest absolute Gasteiger partial charge is 0.464 e. The Bertz CT molecular complexity index is 1010. The molecule has 0 unspecified atom stereocenters. The number of tetrazole rings is 1. The van der Waals surface area contributed by atoms with Crippen molar-refractivity contribution in [2.45, 2.75) is 20.4 Å². The van der Waals surface area contributed by atoms with E-state index in [1.54, 1.807) is 36.9 Å². The van der Waals surface area contributed by atoms with Gasteiger partial charge in [-0.1, -0.05) is 12.1 Å². The van der Waals surface area contributed by atoms with Crippen LogP contribution in [-0.2, 0) is 18.3 Å². The third-order valence-corrected chi connectivity index (χ3v) is 4.05. The van der Waals surface area contributed by atoms with Crippen molar-refractivity contribution < 1.29 is 14.3 Å². The third kappa shape index (κ3) is 3.41. The maximum atomic E-state index is 12.8. The number of methoxy groups -OCH3 is 1. The molecule has 0 atom stereocenters. The number of benzene rings is 1. The van der Waals surface area contributed by atoms with E-state index in [-0.39, 0.29) is 11.6 Å². The van der Waals surface area contributed by atoms with Crippen molar-refractivity contribution in [3.63, 3.8) is 0 Å². The molecule has 10 heteroatoms. The van der Waals surface area contributed by atoms with Gasteiger partial charge in [0.15, 0.2) is 11.5 Å². The number of hydrogen-bond acceptors (Lipinski definition) is 7. The normalized spacial score (nSPS) is 10.7. The van der Waals surface area contributed by atoms with Crippen LogP contribution in [0.15, 0.2) is 24.3 Å². The van der Waals surface area contributed by atoms with Crippen molar-refractivity contribution in [1.29, 1.82) is 0 Å². The number of carbonyl (C=O) groups is 2. The van der Waals surface area contributed by atoms with E-state index in [0.29, 0.717) is 34.9 Å². The Kier molecular flexibility index (Phi) is 4.97. The predicted molar refractivity (Wildman–Crippen MR) is 96.2 cm³/mol. The van der Waals surface area contributed by atoms with Crippen LogP contribution in [0, 0.1) is 6.92 Å². The number of anilines is 1. The highest BCUT2D eigenvalue weighted by molar-refractivity contribution is 6.08. The Morgan fingerprint density at radius 2 is 2.07 bits per heavy atom. The Hall–Kier alpha value is -3.56. The molecule has 0 aliphatic rings. The van der Waals surface area contributed by atoms with Crippen molar-refractivity contribution in [1.82, 2.24) is 30.0 Å². The molecule has 0 saturated carbocycles. The van der Waals surface area contributed by atoms with Gasteiger partial charge in [-0.2, -0.15) is 5.10 Å². The van der Waals surface area contributed by atoms with Crippen molar-refractivity contribution in [2.75, 3.05) is 12.4 Å². The third-order valence-electron chi connectivity index (χ3n) is 4.05.